The lowest BCUT2D eigenvalue weighted by Gasteiger charge is -2.72. The molecule has 8 aliphatic rings. The maximum absolute atomic E-state index is 14.0. The first-order valence-corrected chi connectivity index (χ1v) is 21.5. The van der Waals surface area contributed by atoms with Gasteiger partial charge in [-0.3, -0.25) is 19.3 Å². The van der Waals surface area contributed by atoms with Crippen molar-refractivity contribution in [2.24, 2.45) is 34.0 Å². The Kier molecular flexibility index (Phi) is 9.25. The third kappa shape index (κ3) is 5.42. The van der Waals surface area contributed by atoms with Crippen molar-refractivity contribution in [2.75, 3.05) is 44.4 Å². The van der Waals surface area contributed by atoms with Gasteiger partial charge < -0.3 is 29.3 Å². The molecule has 4 saturated carbocycles. The fourth-order valence-electron chi connectivity index (χ4n) is 13.1. The van der Waals surface area contributed by atoms with Gasteiger partial charge in [0.05, 0.1) is 62.3 Å². The molecule has 2 aromatic carbocycles. The van der Waals surface area contributed by atoms with E-state index in [9.17, 15) is 24.6 Å². The molecular formula is C45H55N5O8. The molecule has 4 aliphatic carbocycles. The molecule has 5 heterocycles. The van der Waals surface area contributed by atoms with Crippen molar-refractivity contribution in [3.8, 4) is 0 Å². The second-order valence-corrected chi connectivity index (χ2v) is 18.7. The highest BCUT2D eigenvalue weighted by Gasteiger charge is 2.81. The van der Waals surface area contributed by atoms with Crippen LogP contribution in [0.3, 0.4) is 0 Å². The number of ketones is 1. The number of ether oxygens (including phenoxy) is 3. The molecule has 2 spiro atoms. The average Bonchev–Trinajstić information content (AvgIpc) is 3.71. The van der Waals surface area contributed by atoms with E-state index in [0.29, 0.717) is 55.7 Å². The minimum Gasteiger partial charge on any atom is -0.393 e. The highest BCUT2D eigenvalue weighted by molar-refractivity contribution is 6.26. The average molecular weight is 794 g/mol. The van der Waals surface area contributed by atoms with Gasteiger partial charge in [-0.15, -0.1) is 5.10 Å². The van der Waals surface area contributed by atoms with E-state index in [-0.39, 0.29) is 42.1 Å². The van der Waals surface area contributed by atoms with E-state index in [1.807, 2.05) is 36.5 Å². The van der Waals surface area contributed by atoms with E-state index < -0.39 is 47.3 Å². The van der Waals surface area contributed by atoms with Crippen LogP contribution in [-0.4, -0.2) is 112 Å². The second kappa shape index (κ2) is 14.0. The maximum Gasteiger partial charge on any atom is 0.261 e. The minimum atomic E-state index is -1.18. The molecule has 13 nitrogen and oxygen atoms in total. The number of carbonyl (C=O) groups excluding carboxylic acids is 3. The number of piperidine rings is 1. The van der Waals surface area contributed by atoms with Crippen molar-refractivity contribution < 1.29 is 38.8 Å². The molecule has 4 bridgehead atoms. The zero-order chi connectivity index (χ0) is 40.1. The summed E-state index contributed by atoms with van der Waals surface area (Å²) in [6, 6.07) is 9.63. The normalized spacial score (nSPS) is 34.9. The van der Waals surface area contributed by atoms with Gasteiger partial charge in [0.2, 0.25) is 0 Å². The number of nitrogens with zero attached hydrogens (tertiary/aromatic N) is 5. The smallest absolute Gasteiger partial charge is 0.261 e. The Morgan fingerprint density at radius 3 is 2.52 bits per heavy atom. The van der Waals surface area contributed by atoms with Crippen LogP contribution < -0.4 is 4.90 Å². The number of carbonyl (C=O) groups is 3. The predicted molar refractivity (Wildman–Crippen MR) is 213 cm³/mol. The van der Waals surface area contributed by atoms with Gasteiger partial charge >= 0.3 is 0 Å². The molecule has 11 rings (SSSR count). The van der Waals surface area contributed by atoms with Gasteiger partial charge in [0.15, 0.2) is 12.1 Å². The number of aliphatic hydroxyl groups is 2. The summed E-state index contributed by atoms with van der Waals surface area (Å²) < 4.78 is 21.0. The number of rotatable bonds is 11. The van der Waals surface area contributed by atoms with Gasteiger partial charge in [0.25, 0.3) is 11.8 Å². The van der Waals surface area contributed by atoms with E-state index in [4.69, 9.17) is 14.2 Å². The summed E-state index contributed by atoms with van der Waals surface area (Å²) in [4.78, 5) is 44.9. The van der Waals surface area contributed by atoms with Gasteiger partial charge in [-0.25, -0.2) is 4.68 Å². The zero-order valence-corrected chi connectivity index (χ0v) is 33.6. The number of Topliss-reactive ketones (excluding diaryl/α,β-unsaturated/α-hetero) is 1. The van der Waals surface area contributed by atoms with E-state index in [1.54, 1.807) is 4.68 Å². The number of hydrogen-bond acceptors (Lipinski definition) is 11. The number of aromatic nitrogens is 3. The Balaban J connectivity index is 0.749. The van der Waals surface area contributed by atoms with Gasteiger partial charge in [0, 0.05) is 70.5 Å². The molecule has 0 radical (unpaired) electrons. The lowest BCUT2D eigenvalue weighted by molar-refractivity contribution is -0.401. The number of hydrogen-bond donors (Lipinski definition) is 2. The van der Waals surface area contributed by atoms with Gasteiger partial charge in [0.1, 0.15) is 0 Å². The van der Waals surface area contributed by atoms with Crippen molar-refractivity contribution in [3.05, 3.63) is 65.5 Å². The van der Waals surface area contributed by atoms with Gasteiger partial charge in [-0.2, -0.15) is 0 Å². The van der Waals surface area contributed by atoms with Crippen LogP contribution in [0.4, 0.5) is 5.69 Å². The molecule has 3 aromatic rings. The first-order valence-electron chi connectivity index (χ1n) is 21.5. The monoisotopic (exact) mass is 793 g/mol. The SMILES string of the molecule is C=C1C(=O)[C@]23[C@H](O)[C@H]1C[C@H](O)[C@H]2[C@]12CCCC(C)(C)[C@H]1C[C@H]3O[C@H]2OCCc1cn(CCOCCN2C(=O)c3cccc4c(N5CCCCC5)ccc(c34)C2=O)nn1. The Hall–Kier alpha value is -4.01. The first-order chi connectivity index (χ1) is 28.0. The number of aliphatic hydroxyl groups excluding tert-OH is 2. The summed E-state index contributed by atoms with van der Waals surface area (Å²) in [5, 5.41) is 33.9. The largest absolute Gasteiger partial charge is 0.393 e. The molecule has 13 heteroatoms. The Morgan fingerprint density at radius 2 is 1.71 bits per heavy atom. The van der Waals surface area contributed by atoms with Crippen molar-refractivity contribution in [1.29, 1.82) is 0 Å². The van der Waals surface area contributed by atoms with Crippen LogP contribution in [0.2, 0.25) is 0 Å². The summed E-state index contributed by atoms with van der Waals surface area (Å²) in [5.41, 5.74) is 1.53. The van der Waals surface area contributed by atoms with Crippen molar-refractivity contribution in [1.82, 2.24) is 19.9 Å². The third-order valence-electron chi connectivity index (χ3n) is 15.5. The fraction of sp³-hybridized carbons (Fsp3) is 0.622. The van der Waals surface area contributed by atoms with Crippen LogP contribution in [0.1, 0.15) is 91.6 Å². The Morgan fingerprint density at radius 1 is 0.931 bits per heavy atom. The molecule has 7 fully saturated rings. The van der Waals surface area contributed by atoms with E-state index in [1.165, 1.54) is 11.3 Å². The van der Waals surface area contributed by atoms with Crippen LogP contribution in [0, 0.1) is 34.0 Å². The summed E-state index contributed by atoms with van der Waals surface area (Å²) in [5.74, 6) is -1.44. The van der Waals surface area contributed by atoms with E-state index >= 15 is 0 Å². The van der Waals surface area contributed by atoms with Crippen LogP contribution >= 0.6 is 0 Å². The van der Waals surface area contributed by atoms with Gasteiger partial charge in [-0.05, 0) is 80.1 Å². The standard InChI is InChI=1S/C45H55N5O8/c1-26-31-23-33(51)37-44-15-8-14-43(2,3)34(44)24-35(45(37,38(26)52)39(31)53)58-42(44)57-20-13-27-25-49(47-46-27)18-21-56-22-19-50-40(54)29-10-7-9-28-32(48-16-5-4-6-17-48)12-11-30(36(28)29)41(50)55/h7,9-12,25,31,33-35,37,39,42,51,53H,1,4-6,8,13-24H2,2-3H3/t31-,33-,34+,35+,37-,39+,42+,44-,45+/m0/s1. The lowest BCUT2D eigenvalue weighted by Crippen LogP contribution is -2.78. The van der Waals surface area contributed by atoms with E-state index in [2.05, 4.69) is 35.6 Å². The minimum absolute atomic E-state index is 0.0374. The molecule has 308 valence electrons. The highest BCUT2D eigenvalue weighted by atomic mass is 16.7. The topological polar surface area (TPSA) is 157 Å². The number of fused-ring (bicyclic) bond motifs is 2. The number of imide groups is 1. The third-order valence-corrected chi connectivity index (χ3v) is 15.5. The molecule has 1 aromatic heterocycles. The zero-order valence-electron chi connectivity index (χ0n) is 33.6. The quantitative estimate of drug-likeness (QED) is 0.157. The second-order valence-electron chi connectivity index (χ2n) is 18.7. The van der Waals surface area contributed by atoms with Crippen molar-refractivity contribution in [2.45, 2.75) is 103 Å². The predicted octanol–water partition coefficient (Wildman–Crippen LogP) is 4.72. The van der Waals surface area contributed by atoms with Crippen LogP contribution in [0.25, 0.3) is 10.8 Å². The molecule has 2 N–H and O–H groups in total. The summed E-state index contributed by atoms with van der Waals surface area (Å²) in [6.45, 7) is 12.0. The molecule has 2 amide bonds. The lowest BCUT2D eigenvalue weighted by atomic mass is 9.37. The van der Waals surface area contributed by atoms with Crippen LogP contribution in [0.15, 0.2) is 48.7 Å². The van der Waals surface area contributed by atoms with Crippen molar-refractivity contribution in [3.63, 3.8) is 0 Å². The molecule has 58 heavy (non-hydrogen) atoms. The molecule has 9 atom stereocenters. The molecule has 3 saturated heterocycles. The Bertz CT molecular complexity index is 2160. The number of amides is 2. The summed E-state index contributed by atoms with van der Waals surface area (Å²) in [6.07, 6.45) is 6.75. The van der Waals surface area contributed by atoms with Crippen molar-refractivity contribution >= 4 is 34.1 Å². The summed E-state index contributed by atoms with van der Waals surface area (Å²) >= 11 is 0. The molecule has 4 aliphatic heterocycles. The van der Waals surface area contributed by atoms with Gasteiger partial charge in [-0.1, -0.05) is 44.2 Å². The first kappa shape index (κ1) is 38.2. The molecule has 0 unspecified atom stereocenters. The van der Waals surface area contributed by atoms with Crippen LogP contribution in [0.5, 0.6) is 0 Å². The summed E-state index contributed by atoms with van der Waals surface area (Å²) in [7, 11) is 0. The number of benzene rings is 2. The molecular weight excluding hydrogens is 739 g/mol. The maximum atomic E-state index is 14.0. The Labute approximate surface area is 338 Å². The highest BCUT2D eigenvalue weighted by Crippen LogP contribution is 2.75. The van der Waals surface area contributed by atoms with E-state index in [0.717, 1.165) is 67.3 Å². The fourth-order valence-corrected chi connectivity index (χ4v) is 13.1. The number of anilines is 1. The van der Waals surface area contributed by atoms with Crippen LogP contribution in [-0.2, 0) is 32.0 Å².